The van der Waals surface area contributed by atoms with Gasteiger partial charge in [0.25, 0.3) is 0 Å². The molecule has 0 bridgehead atoms. The molecule has 0 radical (unpaired) electrons. The van der Waals surface area contributed by atoms with Gasteiger partial charge in [-0.3, -0.25) is 9.69 Å². The maximum atomic E-state index is 12.4. The van der Waals surface area contributed by atoms with Crippen LogP contribution in [0, 0.1) is 6.92 Å². The van der Waals surface area contributed by atoms with Gasteiger partial charge in [0.2, 0.25) is 11.0 Å². The van der Waals surface area contributed by atoms with Crippen molar-refractivity contribution in [2.45, 2.75) is 33.1 Å². The smallest absolute Gasteiger partial charge is 0.228 e. The summed E-state index contributed by atoms with van der Waals surface area (Å²) in [4.78, 5) is 14.1. The Morgan fingerprint density at radius 1 is 1.26 bits per heavy atom. The Hall–Kier alpha value is -1.79. The summed E-state index contributed by atoms with van der Waals surface area (Å²) in [6, 6.07) is 8.15. The van der Waals surface area contributed by atoms with Crippen molar-refractivity contribution in [3.05, 3.63) is 29.8 Å². The number of aryl methyl sites for hydroxylation is 1. The van der Waals surface area contributed by atoms with Gasteiger partial charge in [0.15, 0.2) is 0 Å². The summed E-state index contributed by atoms with van der Waals surface area (Å²) < 4.78 is 5.12. The van der Waals surface area contributed by atoms with E-state index >= 15 is 0 Å². The average molecular weight is 333 g/mol. The minimum Gasteiger partial charge on any atom is -0.383 e. The van der Waals surface area contributed by atoms with E-state index in [9.17, 15) is 4.79 Å². The highest BCUT2D eigenvalue weighted by molar-refractivity contribution is 7.18. The van der Waals surface area contributed by atoms with Gasteiger partial charge < -0.3 is 4.74 Å². The number of amides is 1. The second-order valence-electron chi connectivity index (χ2n) is 5.40. The molecule has 124 valence electrons. The Labute approximate surface area is 141 Å². The third kappa shape index (κ3) is 4.84. The van der Waals surface area contributed by atoms with Crippen LogP contribution in [0.1, 0.15) is 31.7 Å². The van der Waals surface area contributed by atoms with E-state index in [1.807, 2.05) is 31.2 Å². The fourth-order valence-corrected chi connectivity index (χ4v) is 3.00. The quantitative estimate of drug-likeness (QED) is 0.739. The normalized spacial score (nSPS) is 10.7. The average Bonchev–Trinajstić information content (AvgIpc) is 3.03. The van der Waals surface area contributed by atoms with E-state index < -0.39 is 0 Å². The number of benzene rings is 1. The summed E-state index contributed by atoms with van der Waals surface area (Å²) in [5.41, 5.74) is 2.22. The molecule has 5 nitrogen and oxygen atoms in total. The number of rotatable bonds is 8. The first-order valence-electron chi connectivity index (χ1n) is 7.85. The van der Waals surface area contributed by atoms with Crippen molar-refractivity contribution in [2.24, 2.45) is 0 Å². The lowest BCUT2D eigenvalue weighted by atomic mass is 10.2. The van der Waals surface area contributed by atoms with Crippen LogP contribution in [0.5, 0.6) is 0 Å². The molecule has 0 spiro atoms. The van der Waals surface area contributed by atoms with Crippen molar-refractivity contribution in [1.82, 2.24) is 10.2 Å². The number of anilines is 1. The van der Waals surface area contributed by atoms with Crippen LogP contribution in [0.4, 0.5) is 5.13 Å². The van der Waals surface area contributed by atoms with Crippen LogP contribution < -0.4 is 4.90 Å². The van der Waals surface area contributed by atoms with Crippen molar-refractivity contribution >= 4 is 22.4 Å². The number of carbonyl (C=O) groups is 1. The SMILES string of the molecule is CCCCC(=O)N(CCOC)c1nnc(-c2ccc(C)cc2)s1. The third-order valence-electron chi connectivity index (χ3n) is 3.51. The Kier molecular flexibility index (Phi) is 6.67. The maximum absolute atomic E-state index is 12.4. The molecule has 2 rings (SSSR count). The van der Waals surface area contributed by atoms with Gasteiger partial charge in [-0.15, -0.1) is 10.2 Å². The first kappa shape index (κ1) is 17.6. The van der Waals surface area contributed by atoms with Crippen molar-refractivity contribution in [1.29, 1.82) is 0 Å². The zero-order chi connectivity index (χ0) is 16.7. The van der Waals surface area contributed by atoms with Gasteiger partial charge in [0.1, 0.15) is 5.01 Å². The summed E-state index contributed by atoms with van der Waals surface area (Å²) in [6.07, 6.45) is 2.40. The molecule has 0 aliphatic carbocycles. The molecular formula is C17H23N3O2S. The van der Waals surface area contributed by atoms with E-state index in [1.165, 1.54) is 16.9 Å². The van der Waals surface area contributed by atoms with Gasteiger partial charge >= 0.3 is 0 Å². The Morgan fingerprint density at radius 2 is 2.00 bits per heavy atom. The van der Waals surface area contributed by atoms with E-state index in [0.717, 1.165) is 23.4 Å². The predicted molar refractivity (Wildman–Crippen MR) is 93.8 cm³/mol. The highest BCUT2D eigenvalue weighted by Gasteiger charge is 2.19. The number of carbonyl (C=O) groups excluding carboxylic acids is 1. The van der Waals surface area contributed by atoms with Crippen molar-refractivity contribution in [2.75, 3.05) is 25.2 Å². The summed E-state index contributed by atoms with van der Waals surface area (Å²) in [5, 5.41) is 9.92. The van der Waals surface area contributed by atoms with Crippen LogP contribution in [0.15, 0.2) is 24.3 Å². The van der Waals surface area contributed by atoms with Crippen LogP contribution in [0.2, 0.25) is 0 Å². The van der Waals surface area contributed by atoms with Crippen LogP contribution in [-0.4, -0.2) is 36.4 Å². The fraction of sp³-hybridized carbons (Fsp3) is 0.471. The van der Waals surface area contributed by atoms with Gasteiger partial charge in [-0.1, -0.05) is 54.5 Å². The number of nitrogens with zero attached hydrogens (tertiary/aromatic N) is 3. The van der Waals surface area contributed by atoms with Gasteiger partial charge in [-0.25, -0.2) is 0 Å². The Balaban J connectivity index is 2.18. The molecule has 0 fully saturated rings. The van der Waals surface area contributed by atoms with Crippen molar-refractivity contribution in [3.8, 4) is 10.6 Å². The highest BCUT2D eigenvalue weighted by atomic mass is 32.1. The second-order valence-corrected chi connectivity index (χ2v) is 6.35. The lowest BCUT2D eigenvalue weighted by Gasteiger charge is -2.18. The van der Waals surface area contributed by atoms with Crippen LogP contribution >= 0.6 is 11.3 Å². The molecule has 0 aliphatic rings. The molecule has 0 aliphatic heterocycles. The van der Waals surface area contributed by atoms with E-state index in [1.54, 1.807) is 12.0 Å². The number of aromatic nitrogens is 2. The minimum absolute atomic E-state index is 0.0792. The summed E-state index contributed by atoms with van der Waals surface area (Å²) in [7, 11) is 1.63. The standard InChI is InChI=1S/C17H23N3O2S/c1-4-5-6-15(21)20(11-12-22-3)17-19-18-16(23-17)14-9-7-13(2)8-10-14/h7-10H,4-6,11-12H2,1-3H3. The van der Waals surface area contributed by atoms with E-state index in [0.29, 0.717) is 24.7 Å². The fourth-order valence-electron chi connectivity index (χ4n) is 2.11. The first-order chi connectivity index (χ1) is 11.2. The number of ether oxygens (including phenoxy) is 1. The van der Waals surface area contributed by atoms with Crippen LogP contribution in [0.25, 0.3) is 10.6 Å². The largest absolute Gasteiger partial charge is 0.383 e. The molecule has 1 heterocycles. The molecule has 0 atom stereocenters. The zero-order valence-corrected chi connectivity index (χ0v) is 14.7. The predicted octanol–water partition coefficient (Wildman–Crippen LogP) is 3.68. The molecule has 1 aromatic carbocycles. The Bertz CT molecular complexity index is 625. The Morgan fingerprint density at radius 3 is 2.65 bits per heavy atom. The first-order valence-corrected chi connectivity index (χ1v) is 8.67. The van der Waals surface area contributed by atoms with Crippen molar-refractivity contribution in [3.63, 3.8) is 0 Å². The lowest BCUT2D eigenvalue weighted by Crippen LogP contribution is -2.33. The van der Waals surface area contributed by atoms with E-state index in [2.05, 4.69) is 17.1 Å². The van der Waals surface area contributed by atoms with E-state index in [-0.39, 0.29) is 5.91 Å². The molecule has 23 heavy (non-hydrogen) atoms. The molecule has 2 aromatic rings. The molecule has 0 saturated heterocycles. The number of hydrogen-bond acceptors (Lipinski definition) is 5. The number of unbranched alkanes of at least 4 members (excludes halogenated alkanes) is 1. The van der Waals surface area contributed by atoms with E-state index in [4.69, 9.17) is 4.74 Å². The summed E-state index contributed by atoms with van der Waals surface area (Å²) in [6.45, 7) is 5.11. The van der Waals surface area contributed by atoms with Gasteiger partial charge in [0.05, 0.1) is 13.2 Å². The van der Waals surface area contributed by atoms with Gasteiger partial charge in [0, 0.05) is 19.1 Å². The second kappa shape index (κ2) is 8.74. The molecule has 0 saturated carbocycles. The highest BCUT2D eigenvalue weighted by Crippen LogP contribution is 2.29. The molecular weight excluding hydrogens is 310 g/mol. The molecule has 0 unspecified atom stereocenters. The molecule has 6 heteroatoms. The summed E-state index contributed by atoms with van der Waals surface area (Å²) >= 11 is 1.44. The lowest BCUT2D eigenvalue weighted by molar-refractivity contribution is -0.118. The number of hydrogen-bond donors (Lipinski definition) is 0. The molecule has 1 amide bonds. The summed E-state index contributed by atoms with van der Waals surface area (Å²) in [5.74, 6) is 0.0792. The monoisotopic (exact) mass is 333 g/mol. The van der Waals surface area contributed by atoms with Crippen LogP contribution in [-0.2, 0) is 9.53 Å². The van der Waals surface area contributed by atoms with Crippen LogP contribution in [0.3, 0.4) is 0 Å². The molecule has 1 aromatic heterocycles. The molecule has 0 N–H and O–H groups in total. The maximum Gasteiger partial charge on any atom is 0.228 e. The van der Waals surface area contributed by atoms with Gasteiger partial charge in [-0.2, -0.15) is 0 Å². The zero-order valence-electron chi connectivity index (χ0n) is 13.9. The van der Waals surface area contributed by atoms with Crippen molar-refractivity contribution < 1.29 is 9.53 Å². The number of methoxy groups -OCH3 is 1. The minimum atomic E-state index is 0.0792. The third-order valence-corrected chi connectivity index (χ3v) is 4.50. The topological polar surface area (TPSA) is 55.3 Å². The van der Waals surface area contributed by atoms with Gasteiger partial charge in [-0.05, 0) is 13.3 Å².